The zero-order chi connectivity index (χ0) is 41.5. The molecule has 0 radical (unpaired) electrons. The Morgan fingerprint density at radius 2 is 1.46 bits per heavy atom. The van der Waals surface area contributed by atoms with Crippen LogP contribution in [0.2, 0.25) is 0 Å². The van der Waals surface area contributed by atoms with Crippen molar-refractivity contribution in [2.24, 2.45) is 0 Å². The van der Waals surface area contributed by atoms with Crippen molar-refractivity contribution in [2.75, 3.05) is 9.80 Å². The number of anilines is 4. The van der Waals surface area contributed by atoms with Crippen LogP contribution in [0, 0.1) is 0 Å². The van der Waals surface area contributed by atoms with E-state index in [-0.39, 0.29) is 17.5 Å². The minimum Gasteiger partial charge on any atom is -0.334 e. The Bertz CT molecular complexity index is 3140. The lowest BCUT2D eigenvalue weighted by molar-refractivity contribution is 0.675. The first-order valence-corrected chi connectivity index (χ1v) is 24.3. The summed E-state index contributed by atoms with van der Waals surface area (Å²) in [5.74, 6) is 0. The fourth-order valence-corrected chi connectivity index (χ4v) is 14.5. The molecule has 6 aliphatic rings. The number of hydrogen-bond donors (Lipinski definition) is 0. The molecule has 0 saturated heterocycles. The highest BCUT2D eigenvalue weighted by molar-refractivity contribution is 8.00. The molecular weight excluding hydrogens is 801 g/mol. The second-order valence-electron chi connectivity index (χ2n) is 17.6. The number of thiophene rings is 1. The summed E-state index contributed by atoms with van der Waals surface area (Å²) in [7, 11) is 0. The molecule has 6 aromatic carbocycles. The molecule has 3 heterocycles. The SMILES string of the molecule is C1=CCCC(C2(c3ccccc3)C3=CC(N(c4ccc(C5=CCCC=C5)cc4)c4ccc(N5c6c(sc7ccccc67)C6Sc7ccccc7C65)cc4)CC=C3c3ccccc32)=C1. The average Bonchev–Trinajstić information content (AvgIpc) is 4.09. The van der Waals surface area contributed by atoms with Gasteiger partial charge in [0, 0.05) is 36.9 Å². The van der Waals surface area contributed by atoms with E-state index in [1.54, 1.807) is 0 Å². The minimum atomic E-state index is -0.366. The van der Waals surface area contributed by atoms with E-state index in [0.29, 0.717) is 5.25 Å². The first-order valence-electron chi connectivity index (χ1n) is 22.6. The van der Waals surface area contributed by atoms with Gasteiger partial charge in [0.25, 0.3) is 0 Å². The molecule has 2 nitrogen and oxygen atoms in total. The van der Waals surface area contributed by atoms with Crippen LogP contribution < -0.4 is 9.80 Å². The van der Waals surface area contributed by atoms with Crippen molar-refractivity contribution in [2.45, 2.75) is 59.7 Å². The van der Waals surface area contributed by atoms with E-state index in [2.05, 4.69) is 210 Å². The van der Waals surface area contributed by atoms with Crippen LogP contribution in [0.4, 0.5) is 22.7 Å². The van der Waals surface area contributed by atoms with Gasteiger partial charge in [0.1, 0.15) is 0 Å². The number of hydrogen-bond acceptors (Lipinski definition) is 4. The number of allylic oxidation sites excluding steroid dienone is 10. The zero-order valence-electron chi connectivity index (χ0n) is 35.0. The minimum absolute atomic E-state index is 0.0908. The summed E-state index contributed by atoms with van der Waals surface area (Å²) in [6.45, 7) is 0. The summed E-state index contributed by atoms with van der Waals surface area (Å²) in [4.78, 5) is 8.19. The van der Waals surface area contributed by atoms with E-state index in [4.69, 9.17) is 0 Å². The van der Waals surface area contributed by atoms with Crippen LogP contribution >= 0.6 is 23.1 Å². The van der Waals surface area contributed by atoms with Gasteiger partial charge in [-0.3, -0.25) is 0 Å². The van der Waals surface area contributed by atoms with Gasteiger partial charge in [0.15, 0.2) is 0 Å². The van der Waals surface area contributed by atoms with Gasteiger partial charge in [0.2, 0.25) is 0 Å². The highest BCUT2D eigenvalue weighted by Gasteiger charge is 2.51. The molecule has 13 rings (SSSR count). The number of nitrogens with zero attached hydrogens (tertiary/aromatic N) is 2. The molecule has 0 N–H and O–H groups in total. The van der Waals surface area contributed by atoms with Crippen LogP contribution in [0.3, 0.4) is 0 Å². The smallest absolute Gasteiger partial charge is 0.0774 e. The maximum atomic E-state index is 2.67. The van der Waals surface area contributed by atoms with Crippen LogP contribution in [0.15, 0.2) is 216 Å². The summed E-state index contributed by atoms with van der Waals surface area (Å²) in [5, 5.41) is 1.74. The molecule has 0 spiro atoms. The third-order valence-corrected chi connectivity index (χ3v) is 17.1. The molecule has 2 aliphatic heterocycles. The Morgan fingerprint density at radius 3 is 2.29 bits per heavy atom. The highest BCUT2D eigenvalue weighted by atomic mass is 32.2. The van der Waals surface area contributed by atoms with E-state index >= 15 is 0 Å². The van der Waals surface area contributed by atoms with Crippen molar-refractivity contribution in [1.82, 2.24) is 0 Å². The molecule has 4 atom stereocenters. The van der Waals surface area contributed by atoms with Gasteiger partial charge in [-0.25, -0.2) is 0 Å². The van der Waals surface area contributed by atoms with Crippen molar-refractivity contribution in [1.29, 1.82) is 0 Å². The number of thioether (sulfide) groups is 1. The summed E-state index contributed by atoms with van der Waals surface area (Å²) in [6.07, 6.45) is 24.4. The van der Waals surface area contributed by atoms with Crippen LogP contribution in [0.5, 0.6) is 0 Å². The van der Waals surface area contributed by atoms with Gasteiger partial charge >= 0.3 is 0 Å². The Kier molecular flexibility index (Phi) is 8.81. The third kappa shape index (κ3) is 5.70. The molecular formula is C59H46N2S2. The Balaban J connectivity index is 0.962. The van der Waals surface area contributed by atoms with Gasteiger partial charge in [-0.15, -0.1) is 23.1 Å². The first kappa shape index (κ1) is 37.2. The van der Waals surface area contributed by atoms with Crippen molar-refractivity contribution in [3.63, 3.8) is 0 Å². The quantitative estimate of drug-likeness (QED) is 0.158. The Labute approximate surface area is 378 Å². The maximum absolute atomic E-state index is 2.67. The van der Waals surface area contributed by atoms with Crippen LogP contribution in [-0.2, 0) is 5.41 Å². The molecule has 0 amide bonds. The normalized spacial score (nSPS) is 22.7. The fraction of sp³-hybridized carbons (Fsp3) is 0.153. The van der Waals surface area contributed by atoms with Crippen LogP contribution in [0.1, 0.15) is 76.1 Å². The van der Waals surface area contributed by atoms with Crippen molar-refractivity contribution < 1.29 is 0 Å². The second-order valence-corrected chi connectivity index (χ2v) is 19.9. The molecule has 0 bridgehead atoms. The number of rotatable bonds is 7. The van der Waals surface area contributed by atoms with Crippen LogP contribution in [-0.4, -0.2) is 6.04 Å². The van der Waals surface area contributed by atoms with Gasteiger partial charge in [-0.1, -0.05) is 157 Å². The first-order chi connectivity index (χ1) is 31.3. The van der Waals surface area contributed by atoms with Crippen LogP contribution in [0.25, 0.3) is 21.2 Å². The molecule has 0 fully saturated rings. The lowest BCUT2D eigenvalue weighted by Crippen LogP contribution is -2.35. The predicted octanol–water partition coefficient (Wildman–Crippen LogP) is 16.2. The maximum Gasteiger partial charge on any atom is 0.0774 e. The fourth-order valence-electron chi connectivity index (χ4n) is 11.6. The van der Waals surface area contributed by atoms with E-state index in [1.807, 2.05) is 23.1 Å². The summed E-state index contributed by atoms with van der Waals surface area (Å²) in [6, 6.07) is 57.9. The van der Waals surface area contributed by atoms with Gasteiger partial charge in [-0.05, 0) is 125 Å². The molecule has 7 aromatic rings. The molecule has 304 valence electrons. The number of benzene rings is 6. The lowest BCUT2D eigenvalue weighted by Gasteiger charge is -2.40. The summed E-state index contributed by atoms with van der Waals surface area (Å²) < 4.78 is 1.37. The molecule has 4 aliphatic carbocycles. The second kappa shape index (κ2) is 14.9. The van der Waals surface area contributed by atoms with Gasteiger partial charge < -0.3 is 9.80 Å². The average molecular weight is 847 g/mol. The van der Waals surface area contributed by atoms with Gasteiger partial charge in [0.05, 0.1) is 28.4 Å². The lowest BCUT2D eigenvalue weighted by atomic mass is 9.64. The molecule has 63 heavy (non-hydrogen) atoms. The third-order valence-electron chi connectivity index (χ3n) is 14.3. The van der Waals surface area contributed by atoms with Crippen molar-refractivity contribution >= 4 is 67.1 Å². The van der Waals surface area contributed by atoms with E-state index in [1.165, 1.54) is 92.7 Å². The topological polar surface area (TPSA) is 6.48 Å². The van der Waals surface area contributed by atoms with E-state index < -0.39 is 0 Å². The highest BCUT2D eigenvalue weighted by Crippen LogP contribution is 2.68. The molecule has 4 heteroatoms. The monoisotopic (exact) mass is 846 g/mol. The standard InChI is InChI=1S/C59H46N2S2/c1-4-16-39(17-5-1)40-28-30-43(31-29-40)60(46-36-37-48-47-22-10-13-25-51(47)59(52(48)38-46,41-18-6-2-7-19-41)42-20-8-3-9-21-42)44-32-34-45(35-33-44)61-55-49-23-11-14-26-53(49)62-57(55)58-56(61)50-24-12-15-27-54(50)63-58/h2-4,6-8,10-20,22-35,37-38,46,55,57H,1,5,9,21,36H2. The van der Waals surface area contributed by atoms with Crippen molar-refractivity contribution in [3.05, 3.63) is 244 Å². The molecule has 4 unspecified atom stereocenters. The van der Waals surface area contributed by atoms with Gasteiger partial charge in [-0.2, -0.15) is 0 Å². The van der Waals surface area contributed by atoms with E-state index in [0.717, 1.165) is 32.1 Å². The van der Waals surface area contributed by atoms with E-state index in [9.17, 15) is 0 Å². The summed E-state index contributed by atoms with van der Waals surface area (Å²) in [5.41, 5.74) is 17.1. The molecule has 0 saturated carbocycles. The Morgan fingerprint density at radius 1 is 0.683 bits per heavy atom. The largest absolute Gasteiger partial charge is 0.334 e. The summed E-state index contributed by atoms with van der Waals surface area (Å²) >= 11 is 4.02. The zero-order valence-corrected chi connectivity index (χ0v) is 36.7. The predicted molar refractivity (Wildman–Crippen MR) is 268 cm³/mol. The number of fused-ring (bicyclic) bond motifs is 10. The molecule has 1 aromatic heterocycles. The Hall–Kier alpha value is -6.33. The van der Waals surface area contributed by atoms with Crippen molar-refractivity contribution in [3.8, 4) is 0 Å².